The van der Waals surface area contributed by atoms with Crippen molar-refractivity contribution < 1.29 is 4.42 Å². The normalized spacial score (nSPS) is 11.4. The van der Waals surface area contributed by atoms with Crippen LogP contribution in [0.3, 0.4) is 0 Å². The summed E-state index contributed by atoms with van der Waals surface area (Å²) < 4.78 is 8.53. The van der Waals surface area contributed by atoms with E-state index < -0.39 is 0 Å². The van der Waals surface area contributed by atoms with Crippen molar-refractivity contribution in [2.24, 2.45) is 7.05 Å². The third-order valence-corrected chi connectivity index (χ3v) is 4.24. The molecule has 8 heteroatoms. The fourth-order valence-corrected chi connectivity index (χ4v) is 3.01. The maximum atomic E-state index is 13.0. The van der Waals surface area contributed by atoms with Crippen LogP contribution >= 0.6 is 0 Å². The van der Waals surface area contributed by atoms with Gasteiger partial charge < -0.3 is 4.42 Å². The number of oxazole rings is 1. The molecule has 5 rings (SSSR count). The Morgan fingerprint density at radius 3 is 2.69 bits per heavy atom. The summed E-state index contributed by atoms with van der Waals surface area (Å²) in [6.07, 6.45) is 9.84. The highest BCUT2D eigenvalue weighted by Crippen LogP contribution is 2.25. The van der Waals surface area contributed by atoms with E-state index in [1.54, 1.807) is 40.0 Å². The molecule has 0 amide bonds. The van der Waals surface area contributed by atoms with E-state index in [0.29, 0.717) is 27.8 Å². The molecule has 0 atom stereocenters. The molecule has 0 unspecified atom stereocenters. The lowest BCUT2D eigenvalue weighted by Gasteiger charge is -2.10. The molecule has 0 aliphatic carbocycles. The first kappa shape index (κ1) is 14.5. The fourth-order valence-electron chi connectivity index (χ4n) is 3.01. The van der Waals surface area contributed by atoms with Crippen molar-refractivity contribution in [1.29, 1.82) is 0 Å². The van der Waals surface area contributed by atoms with Gasteiger partial charge in [0.15, 0.2) is 17.5 Å². The van der Waals surface area contributed by atoms with Crippen LogP contribution in [0.1, 0.15) is 0 Å². The summed E-state index contributed by atoms with van der Waals surface area (Å²) in [6.45, 7) is 0. The number of fused-ring (bicyclic) bond motifs is 2. The second-order valence-corrected chi connectivity index (χ2v) is 5.88. The molecular formula is C18H12N6O2. The SMILES string of the molecule is Cn1cc(-c2cn(-c3ccc4ocnc4c3)c(=O)c3nccnc23)cn1. The molecule has 0 saturated carbocycles. The monoisotopic (exact) mass is 344 g/mol. The Kier molecular flexibility index (Phi) is 2.99. The van der Waals surface area contributed by atoms with E-state index in [9.17, 15) is 4.79 Å². The van der Waals surface area contributed by atoms with Crippen molar-refractivity contribution in [3.8, 4) is 16.8 Å². The molecule has 1 aromatic carbocycles. The van der Waals surface area contributed by atoms with E-state index in [1.165, 1.54) is 12.6 Å². The zero-order valence-corrected chi connectivity index (χ0v) is 13.7. The summed E-state index contributed by atoms with van der Waals surface area (Å²) in [6, 6.07) is 5.40. The quantitative estimate of drug-likeness (QED) is 0.488. The predicted octanol–water partition coefficient (Wildman–Crippen LogP) is 2.32. The maximum Gasteiger partial charge on any atom is 0.283 e. The Morgan fingerprint density at radius 2 is 1.88 bits per heavy atom. The van der Waals surface area contributed by atoms with Crippen molar-refractivity contribution in [3.63, 3.8) is 0 Å². The van der Waals surface area contributed by atoms with Gasteiger partial charge in [0.05, 0.1) is 11.9 Å². The second-order valence-electron chi connectivity index (χ2n) is 5.88. The summed E-state index contributed by atoms with van der Waals surface area (Å²) >= 11 is 0. The van der Waals surface area contributed by atoms with E-state index >= 15 is 0 Å². The van der Waals surface area contributed by atoms with Crippen molar-refractivity contribution in [3.05, 3.63) is 65.9 Å². The summed E-state index contributed by atoms with van der Waals surface area (Å²) in [5, 5.41) is 4.22. The lowest BCUT2D eigenvalue weighted by atomic mass is 10.1. The first-order valence-electron chi connectivity index (χ1n) is 7.90. The van der Waals surface area contributed by atoms with Crippen LogP contribution in [0.4, 0.5) is 0 Å². The summed E-state index contributed by atoms with van der Waals surface area (Å²) in [5.41, 5.74) is 4.25. The van der Waals surface area contributed by atoms with Gasteiger partial charge in [-0.1, -0.05) is 0 Å². The van der Waals surface area contributed by atoms with Gasteiger partial charge in [0.2, 0.25) is 0 Å². The minimum Gasteiger partial charge on any atom is -0.443 e. The highest BCUT2D eigenvalue weighted by atomic mass is 16.3. The molecule has 0 radical (unpaired) electrons. The van der Waals surface area contributed by atoms with Crippen molar-refractivity contribution in [2.45, 2.75) is 0 Å². The maximum absolute atomic E-state index is 13.0. The Labute approximate surface area is 146 Å². The number of rotatable bonds is 2. The molecule has 126 valence electrons. The van der Waals surface area contributed by atoms with E-state index in [2.05, 4.69) is 20.1 Å². The third kappa shape index (κ3) is 2.12. The van der Waals surface area contributed by atoms with Crippen LogP contribution in [0.5, 0.6) is 0 Å². The third-order valence-electron chi connectivity index (χ3n) is 4.24. The predicted molar refractivity (Wildman–Crippen MR) is 94.9 cm³/mol. The largest absolute Gasteiger partial charge is 0.443 e. The molecule has 0 fully saturated rings. The van der Waals surface area contributed by atoms with Crippen molar-refractivity contribution >= 4 is 22.1 Å². The van der Waals surface area contributed by atoms with Gasteiger partial charge in [-0.2, -0.15) is 5.10 Å². The average Bonchev–Trinajstić information content (AvgIpc) is 3.30. The van der Waals surface area contributed by atoms with Crippen LogP contribution in [-0.2, 0) is 7.05 Å². The van der Waals surface area contributed by atoms with Gasteiger partial charge in [-0.15, -0.1) is 0 Å². The first-order chi connectivity index (χ1) is 12.7. The van der Waals surface area contributed by atoms with Gasteiger partial charge in [-0.25, -0.2) is 9.97 Å². The van der Waals surface area contributed by atoms with E-state index in [-0.39, 0.29) is 5.56 Å². The number of hydrogen-bond donors (Lipinski definition) is 0. The smallest absolute Gasteiger partial charge is 0.283 e. The van der Waals surface area contributed by atoms with Gasteiger partial charge in [-0.3, -0.25) is 19.0 Å². The molecule has 4 aromatic heterocycles. The second kappa shape index (κ2) is 5.35. The zero-order chi connectivity index (χ0) is 17.7. The number of aryl methyl sites for hydroxylation is 1. The summed E-state index contributed by atoms with van der Waals surface area (Å²) in [5.74, 6) is 0. The Bertz CT molecular complexity index is 1330. The van der Waals surface area contributed by atoms with E-state index in [0.717, 1.165) is 11.1 Å². The molecule has 4 heterocycles. The van der Waals surface area contributed by atoms with E-state index in [4.69, 9.17) is 4.42 Å². The number of benzene rings is 1. The van der Waals surface area contributed by atoms with E-state index in [1.807, 2.05) is 19.3 Å². The van der Waals surface area contributed by atoms with Gasteiger partial charge in [0.25, 0.3) is 5.56 Å². The van der Waals surface area contributed by atoms with Gasteiger partial charge in [-0.05, 0) is 18.2 Å². The van der Waals surface area contributed by atoms with Gasteiger partial charge in [0, 0.05) is 43.0 Å². The van der Waals surface area contributed by atoms with Crippen molar-refractivity contribution in [2.75, 3.05) is 0 Å². The molecule has 0 N–H and O–H groups in total. The Hall–Kier alpha value is -3.81. The topological polar surface area (TPSA) is 91.6 Å². The molecule has 0 saturated heterocycles. The number of pyridine rings is 1. The van der Waals surface area contributed by atoms with Crippen molar-refractivity contribution in [1.82, 2.24) is 29.3 Å². The molecule has 8 nitrogen and oxygen atoms in total. The molecule has 5 aromatic rings. The van der Waals surface area contributed by atoms with Gasteiger partial charge >= 0.3 is 0 Å². The van der Waals surface area contributed by atoms with Crippen LogP contribution < -0.4 is 5.56 Å². The number of hydrogen-bond acceptors (Lipinski definition) is 6. The Morgan fingerprint density at radius 1 is 1.04 bits per heavy atom. The van der Waals surface area contributed by atoms with Crippen LogP contribution in [-0.4, -0.2) is 29.3 Å². The molecular weight excluding hydrogens is 332 g/mol. The standard InChI is InChI=1S/C18H12N6O2/c1-23-8-11(7-22-23)13-9-24(18(25)17-16(13)19-4-5-20-17)12-2-3-15-14(6-12)21-10-26-15/h2-10H,1H3. The minimum absolute atomic E-state index is 0.247. The molecule has 0 bridgehead atoms. The van der Waals surface area contributed by atoms with Crippen LogP contribution in [0, 0.1) is 0 Å². The fraction of sp³-hybridized carbons (Fsp3) is 0.0556. The highest BCUT2D eigenvalue weighted by molar-refractivity contribution is 5.90. The molecule has 0 aliphatic rings. The van der Waals surface area contributed by atoms with Gasteiger partial charge in [0.1, 0.15) is 11.0 Å². The highest BCUT2D eigenvalue weighted by Gasteiger charge is 2.15. The number of nitrogens with zero attached hydrogens (tertiary/aromatic N) is 6. The van der Waals surface area contributed by atoms with Crippen LogP contribution in [0.15, 0.2) is 64.8 Å². The molecule has 0 spiro atoms. The average molecular weight is 344 g/mol. The zero-order valence-electron chi connectivity index (χ0n) is 13.7. The molecule has 0 aliphatic heterocycles. The summed E-state index contributed by atoms with van der Waals surface area (Å²) in [7, 11) is 1.84. The minimum atomic E-state index is -0.247. The Balaban J connectivity index is 1.85. The van der Waals surface area contributed by atoms with Crippen LogP contribution in [0.25, 0.3) is 38.9 Å². The summed E-state index contributed by atoms with van der Waals surface area (Å²) in [4.78, 5) is 25.8. The lowest BCUT2D eigenvalue weighted by molar-refractivity contribution is 0.602. The number of aromatic nitrogens is 6. The lowest BCUT2D eigenvalue weighted by Crippen LogP contribution is -2.19. The molecule has 26 heavy (non-hydrogen) atoms. The first-order valence-corrected chi connectivity index (χ1v) is 7.90. The van der Waals surface area contributed by atoms with Crippen LogP contribution in [0.2, 0.25) is 0 Å².